The third kappa shape index (κ3) is 3.76. The molecule has 0 aromatic heterocycles. The average molecular weight is 308 g/mol. The first-order valence-corrected chi connectivity index (χ1v) is 6.22. The molecule has 15 heavy (non-hydrogen) atoms. The fraction of sp³-hybridized carbons (Fsp3) is 0.333. The van der Waals surface area contributed by atoms with Crippen LogP contribution in [0.25, 0.3) is 0 Å². The van der Waals surface area contributed by atoms with Crippen LogP contribution in [0.3, 0.4) is 0 Å². The lowest BCUT2D eigenvalue weighted by Crippen LogP contribution is -2.20. The Labute approximate surface area is 113 Å². The molecule has 0 fully saturated rings. The fourth-order valence-corrected chi connectivity index (χ4v) is 2.27. The summed E-state index contributed by atoms with van der Waals surface area (Å²) in [4.78, 5) is 0. The highest BCUT2D eigenvalue weighted by molar-refractivity contribution is 6.40. The Morgan fingerprint density at radius 2 is 1.47 bits per heavy atom. The minimum atomic E-state index is -0.329. The highest BCUT2D eigenvalue weighted by Gasteiger charge is 2.14. The molecule has 1 aromatic carbocycles. The summed E-state index contributed by atoms with van der Waals surface area (Å²) in [6.45, 7) is 0. The number of ether oxygens (including phenoxy) is 1. The lowest BCUT2D eigenvalue weighted by Gasteiger charge is -2.16. The number of halogens is 5. The van der Waals surface area contributed by atoms with Gasteiger partial charge in [0.15, 0.2) is 5.75 Å². The number of alkyl halides is 2. The van der Waals surface area contributed by atoms with Gasteiger partial charge in [-0.3, -0.25) is 0 Å². The zero-order valence-corrected chi connectivity index (χ0v) is 11.2. The van der Waals surface area contributed by atoms with Crippen LogP contribution in [-0.4, -0.2) is 17.9 Å². The van der Waals surface area contributed by atoms with Crippen LogP contribution in [0, 0.1) is 0 Å². The van der Waals surface area contributed by atoms with Gasteiger partial charge >= 0.3 is 0 Å². The summed E-state index contributed by atoms with van der Waals surface area (Å²) < 4.78 is 5.44. The van der Waals surface area contributed by atoms with Crippen molar-refractivity contribution in [1.82, 2.24) is 0 Å². The second-order valence-electron chi connectivity index (χ2n) is 2.75. The monoisotopic (exact) mass is 306 g/mol. The molecule has 0 amide bonds. The first kappa shape index (κ1) is 13.5. The highest BCUT2D eigenvalue weighted by Crippen LogP contribution is 2.36. The van der Waals surface area contributed by atoms with E-state index in [1.165, 1.54) is 0 Å². The number of rotatable bonds is 4. The zero-order valence-electron chi connectivity index (χ0n) is 7.44. The van der Waals surface area contributed by atoms with Gasteiger partial charge in [0.1, 0.15) is 6.10 Å². The average Bonchev–Trinajstić information content (AvgIpc) is 2.17. The maximum absolute atomic E-state index is 5.91. The second kappa shape index (κ2) is 6.27. The van der Waals surface area contributed by atoms with Crippen LogP contribution in [0.2, 0.25) is 15.1 Å². The first-order valence-electron chi connectivity index (χ1n) is 4.01. The predicted molar refractivity (Wildman–Crippen MR) is 67.3 cm³/mol. The molecular formula is C9H7Cl5O. The van der Waals surface area contributed by atoms with Gasteiger partial charge in [0.05, 0.1) is 21.8 Å². The SMILES string of the molecule is ClCC(CCl)Oc1c(Cl)cc(Cl)cc1Cl. The van der Waals surface area contributed by atoms with Crippen molar-refractivity contribution in [2.45, 2.75) is 6.10 Å². The number of benzene rings is 1. The molecule has 0 spiro atoms. The Morgan fingerprint density at radius 3 is 1.87 bits per heavy atom. The molecule has 1 nitrogen and oxygen atoms in total. The van der Waals surface area contributed by atoms with Crippen molar-refractivity contribution in [2.24, 2.45) is 0 Å². The molecular weight excluding hydrogens is 301 g/mol. The normalized spacial score (nSPS) is 10.8. The summed E-state index contributed by atoms with van der Waals surface area (Å²) in [7, 11) is 0. The maximum atomic E-state index is 5.91. The maximum Gasteiger partial charge on any atom is 0.157 e. The van der Waals surface area contributed by atoms with E-state index in [0.29, 0.717) is 20.8 Å². The largest absolute Gasteiger partial charge is 0.485 e. The smallest absolute Gasteiger partial charge is 0.157 e. The van der Waals surface area contributed by atoms with E-state index in [0.717, 1.165) is 0 Å². The van der Waals surface area contributed by atoms with Crippen molar-refractivity contribution in [2.75, 3.05) is 11.8 Å². The van der Waals surface area contributed by atoms with E-state index in [1.807, 2.05) is 0 Å². The lowest BCUT2D eigenvalue weighted by atomic mass is 10.3. The van der Waals surface area contributed by atoms with Gasteiger partial charge in [0.25, 0.3) is 0 Å². The van der Waals surface area contributed by atoms with E-state index in [9.17, 15) is 0 Å². The van der Waals surface area contributed by atoms with Gasteiger partial charge in [-0.25, -0.2) is 0 Å². The van der Waals surface area contributed by atoms with E-state index in [1.54, 1.807) is 12.1 Å². The van der Waals surface area contributed by atoms with Crippen LogP contribution >= 0.6 is 58.0 Å². The summed E-state index contributed by atoms with van der Waals surface area (Å²) >= 11 is 28.8. The van der Waals surface area contributed by atoms with Crippen LogP contribution in [0.5, 0.6) is 5.75 Å². The Bertz CT molecular complexity index is 314. The summed E-state index contributed by atoms with van der Waals surface area (Å²) in [5.41, 5.74) is 0. The highest BCUT2D eigenvalue weighted by atomic mass is 35.5. The van der Waals surface area contributed by atoms with Crippen LogP contribution in [-0.2, 0) is 0 Å². The van der Waals surface area contributed by atoms with Crippen molar-refractivity contribution in [3.8, 4) is 5.75 Å². The van der Waals surface area contributed by atoms with Gasteiger partial charge in [-0.2, -0.15) is 0 Å². The molecule has 1 rings (SSSR count). The Hall–Kier alpha value is 0.470. The summed E-state index contributed by atoms with van der Waals surface area (Å²) in [5, 5.41) is 1.13. The van der Waals surface area contributed by atoms with Crippen molar-refractivity contribution < 1.29 is 4.74 Å². The molecule has 0 saturated carbocycles. The lowest BCUT2D eigenvalue weighted by molar-refractivity contribution is 0.249. The van der Waals surface area contributed by atoms with Gasteiger partial charge in [0, 0.05) is 5.02 Å². The zero-order chi connectivity index (χ0) is 11.4. The quantitative estimate of drug-likeness (QED) is 0.721. The minimum Gasteiger partial charge on any atom is -0.485 e. The Morgan fingerprint density at radius 1 is 1.00 bits per heavy atom. The van der Waals surface area contributed by atoms with Crippen molar-refractivity contribution in [3.63, 3.8) is 0 Å². The molecule has 0 heterocycles. The van der Waals surface area contributed by atoms with Crippen LogP contribution < -0.4 is 4.74 Å². The Balaban J connectivity index is 2.94. The van der Waals surface area contributed by atoms with Gasteiger partial charge in [-0.05, 0) is 12.1 Å². The van der Waals surface area contributed by atoms with Crippen molar-refractivity contribution in [1.29, 1.82) is 0 Å². The van der Waals surface area contributed by atoms with Gasteiger partial charge in [0.2, 0.25) is 0 Å². The molecule has 0 aliphatic carbocycles. The molecule has 0 unspecified atom stereocenters. The number of hydrogen-bond acceptors (Lipinski definition) is 1. The van der Waals surface area contributed by atoms with Crippen molar-refractivity contribution >= 4 is 58.0 Å². The third-order valence-electron chi connectivity index (χ3n) is 1.59. The molecule has 1 aromatic rings. The molecule has 0 atom stereocenters. The first-order chi connectivity index (χ1) is 7.08. The Kier molecular flexibility index (Phi) is 5.65. The number of hydrogen-bond donors (Lipinski definition) is 0. The summed E-state index contributed by atoms with van der Waals surface area (Å²) in [6, 6.07) is 3.09. The molecule has 0 aliphatic heterocycles. The standard InChI is InChI=1S/C9H7Cl5O/c10-3-6(4-11)15-9-7(13)1-5(12)2-8(9)14/h1-2,6H,3-4H2. The summed E-state index contributed by atoms with van der Waals surface area (Å²) in [5.74, 6) is 0.881. The molecule has 0 radical (unpaired) electrons. The van der Waals surface area contributed by atoms with Crippen LogP contribution in [0.15, 0.2) is 12.1 Å². The predicted octanol–water partition coefficient (Wildman–Crippen LogP) is 4.87. The molecule has 0 bridgehead atoms. The molecule has 0 saturated heterocycles. The molecule has 84 valence electrons. The van der Waals surface area contributed by atoms with Crippen LogP contribution in [0.4, 0.5) is 0 Å². The van der Waals surface area contributed by atoms with E-state index < -0.39 is 0 Å². The van der Waals surface area contributed by atoms with E-state index in [4.69, 9.17) is 62.7 Å². The molecule has 6 heteroatoms. The molecule has 0 N–H and O–H groups in total. The van der Waals surface area contributed by atoms with E-state index in [-0.39, 0.29) is 17.9 Å². The third-order valence-corrected chi connectivity index (χ3v) is 3.06. The van der Waals surface area contributed by atoms with E-state index >= 15 is 0 Å². The second-order valence-corrected chi connectivity index (χ2v) is 4.62. The van der Waals surface area contributed by atoms with Gasteiger partial charge < -0.3 is 4.74 Å². The van der Waals surface area contributed by atoms with Crippen LogP contribution in [0.1, 0.15) is 0 Å². The fourth-order valence-electron chi connectivity index (χ4n) is 0.912. The topological polar surface area (TPSA) is 9.23 Å². The van der Waals surface area contributed by atoms with Gasteiger partial charge in [-0.15, -0.1) is 23.2 Å². The van der Waals surface area contributed by atoms with Gasteiger partial charge in [-0.1, -0.05) is 34.8 Å². The van der Waals surface area contributed by atoms with Crippen molar-refractivity contribution in [3.05, 3.63) is 27.2 Å². The molecule has 0 aliphatic rings. The minimum absolute atomic E-state index is 0.263. The van der Waals surface area contributed by atoms with E-state index in [2.05, 4.69) is 0 Å². The summed E-state index contributed by atoms with van der Waals surface area (Å²) in [6.07, 6.45) is -0.329.